The topological polar surface area (TPSA) is 9.23 Å². The summed E-state index contributed by atoms with van der Waals surface area (Å²) < 4.78 is 7.23. The van der Waals surface area contributed by atoms with Crippen molar-refractivity contribution >= 4 is 0 Å². The van der Waals surface area contributed by atoms with Crippen LogP contribution >= 0.6 is 0 Å². The molecule has 0 aromatic rings. The van der Waals surface area contributed by atoms with Crippen molar-refractivity contribution in [1.82, 2.24) is 0 Å². The van der Waals surface area contributed by atoms with Crippen LogP contribution in [0.25, 0.3) is 0 Å². The van der Waals surface area contributed by atoms with E-state index in [4.69, 9.17) is 4.74 Å². The molecule has 2 unspecified atom stereocenters. The zero-order valence-corrected chi connectivity index (χ0v) is 20.4. The van der Waals surface area contributed by atoms with Gasteiger partial charge in [0.2, 0.25) is 0 Å². The third-order valence-corrected chi connectivity index (χ3v) is 7.63. The predicted molar refractivity (Wildman–Crippen MR) is 119 cm³/mol. The fraction of sp³-hybridized carbons (Fsp3) is 1.00. The molecule has 0 saturated heterocycles. The van der Waals surface area contributed by atoms with Crippen molar-refractivity contribution in [3.8, 4) is 0 Å². The highest BCUT2D eigenvalue weighted by Gasteiger charge is 2.51. The van der Waals surface area contributed by atoms with Crippen LogP contribution in [0.4, 0.5) is 0 Å². The molecule has 0 N–H and O–H groups in total. The minimum Gasteiger partial charge on any atom is -0.369 e. The average molecular weight is 379 g/mol. The molecule has 160 valence electrons. The summed E-state index contributed by atoms with van der Waals surface area (Å²) in [5, 5.41) is 0. The smallest absolute Gasteiger partial charge is 0.0669 e. The minimum absolute atomic E-state index is 0.0984. The van der Waals surface area contributed by atoms with Gasteiger partial charge in [-0.15, -0.1) is 0 Å². The van der Waals surface area contributed by atoms with Crippen LogP contribution in [-0.4, -0.2) is 11.2 Å². The van der Waals surface area contributed by atoms with Gasteiger partial charge in [-0.05, 0) is 62.2 Å². The Bertz CT molecular complexity index is 417. The molecule has 0 spiro atoms. The van der Waals surface area contributed by atoms with Crippen LogP contribution in [0.5, 0.6) is 0 Å². The van der Waals surface area contributed by atoms with Crippen molar-refractivity contribution in [1.29, 1.82) is 0 Å². The van der Waals surface area contributed by atoms with Gasteiger partial charge in [-0.25, -0.2) is 0 Å². The number of hydrogen-bond donors (Lipinski definition) is 0. The number of ether oxygens (including phenoxy) is 1. The first kappa shape index (κ1) is 23.2. The Morgan fingerprint density at radius 2 is 0.778 bits per heavy atom. The highest BCUT2D eigenvalue weighted by Crippen LogP contribution is 2.53. The first-order valence-electron chi connectivity index (χ1n) is 11.9. The molecule has 0 aliphatic heterocycles. The van der Waals surface area contributed by atoms with Crippen LogP contribution in [0.1, 0.15) is 121 Å². The fourth-order valence-electron chi connectivity index (χ4n) is 8.02. The first-order chi connectivity index (χ1) is 12.2. The summed E-state index contributed by atoms with van der Waals surface area (Å²) in [4.78, 5) is 0. The van der Waals surface area contributed by atoms with Gasteiger partial charge in [-0.1, -0.05) is 92.9 Å². The van der Waals surface area contributed by atoms with E-state index in [2.05, 4.69) is 69.2 Å². The van der Waals surface area contributed by atoms with Gasteiger partial charge in [0.15, 0.2) is 0 Å². The minimum atomic E-state index is -0.0984. The van der Waals surface area contributed by atoms with Gasteiger partial charge in [-0.3, -0.25) is 0 Å². The Balaban J connectivity index is 2.30. The lowest BCUT2D eigenvalue weighted by molar-refractivity contribution is -0.218. The summed E-state index contributed by atoms with van der Waals surface area (Å²) in [5.74, 6) is 2.85. The zero-order chi connectivity index (χ0) is 20.7. The SMILES string of the molecule is CC(C)(C)C(C1CCCC1)C(C)(C)OC(C)(C)C(C1CCCC1)C(C)(C)C. The molecule has 2 fully saturated rings. The van der Waals surface area contributed by atoms with E-state index in [0.717, 1.165) is 11.8 Å². The lowest BCUT2D eigenvalue weighted by Gasteiger charge is -2.54. The number of hydrogen-bond acceptors (Lipinski definition) is 1. The van der Waals surface area contributed by atoms with E-state index in [9.17, 15) is 0 Å². The molecule has 2 aliphatic carbocycles. The summed E-state index contributed by atoms with van der Waals surface area (Å²) in [6.45, 7) is 24.2. The molecule has 0 bridgehead atoms. The fourth-order valence-corrected chi connectivity index (χ4v) is 8.02. The standard InChI is InChI=1S/C26H50O/c1-23(2,3)21(19-15-11-12-16-19)25(7,8)27-26(9,10)22(24(4,5)6)20-17-13-14-18-20/h19-22H,11-18H2,1-10H3. The Morgan fingerprint density at radius 3 is 1.00 bits per heavy atom. The molecule has 0 amide bonds. The summed E-state index contributed by atoms with van der Waals surface area (Å²) in [6, 6.07) is 0. The molecule has 0 heterocycles. The molecular weight excluding hydrogens is 328 g/mol. The van der Waals surface area contributed by atoms with E-state index in [-0.39, 0.29) is 22.0 Å². The molecule has 0 aromatic heterocycles. The molecular formula is C26H50O. The van der Waals surface area contributed by atoms with E-state index in [1.165, 1.54) is 51.4 Å². The van der Waals surface area contributed by atoms with E-state index < -0.39 is 0 Å². The molecule has 1 nitrogen and oxygen atoms in total. The molecule has 0 aromatic carbocycles. The number of rotatable bonds is 6. The molecule has 1 heteroatoms. The van der Waals surface area contributed by atoms with Crippen molar-refractivity contribution in [3.05, 3.63) is 0 Å². The summed E-state index contributed by atoms with van der Waals surface area (Å²) in [7, 11) is 0. The van der Waals surface area contributed by atoms with E-state index in [1.54, 1.807) is 0 Å². The molecule has 27 heavy (non-hydrogen) atoms. The van der Waals surface area contributed by atoms with Crippen molar-refractivity contribution in [3.63, 3.8) is 0 Å². The van der Waals surface area contributed by atoms with Gasteiger partial charge in [-0.2, -0.15) is 0 Å². The maximum absolute atomic E-state index is 7.23. The van der Waals surface area contributed by atoms with Crippen LogP contribution < -0.4 is 0 Å². The third kappa shape index (κ3) is 5.52. The van der Waals surface area contributed by atoms with E-state index in [1.807, 2.05) is 0 Å². The maximum atomic E-state index is 7.23. The van der Waals surface area contributed by atoms with Gasteiger partial charge in [0.25, 0.3) is 0 Å². The van der Waals surface area contributed by atoms with Gasteiger partial charge >= 0.3 is 0 Å². The Morgan fingerprint density at radius 1 is 0.519 bits per heavy atom. The lowest BCUT2D eigenvalue weighted by atomic mass is 9.62. The lowest BCUT2D eigenvalue weighted by Crippen LogP contribution is -2.54. The maximum Gasteiger partial charge on any atom is 0.0669 e. The quantitative estimate of drug-likeness (QED) is 0.452. The predicted octanol–water partition coefficient (Wildman–Crippen LogP) is 8.27. The van der Waals surface area contributed by atoms with Crippen LogP contribution in [0.15, 0.2) is 0 Å². The van der Waals surface area contributed by atoms with Crippen LogP contribution in [0.3, 0.4) is 0 Å². The second-order valence-corrected chi connectivity index (χ2v) is 13.1. The Kier molecular flexibility index (Phi) is 6.89. The highest BCUT2D eigenvalue weighted by molar-refractivity contribution is 4.99. The van der Waals surface area contributed by atoms with Crippen LogP contribution in [0.2, 0.25) is 0 Å². The average Bonchev–Trinajstić information content (AvgIpc) is 3.06. The Hall–Kier alpha value is -0.0400. The van der Waals surface area contributed by atoms with Gasteiger partial charge in [0.1, 0.15) is 0 Å². The molecule has 2 aliphatic rings. The molecule has 0 radical (unpaired) electrons. The van der Waals surface area contributed by atoms with Crippen LogP contribution in [0, 0.1) is 34.5 Å². The summed E-state index contributed by atoms with van der Waals surface area (Å²) in [6.07, 6.45) is 11.2. The second-order valence-electron chi connectivity index (χ2n) is 13.1. The van der Waals surface area contributed by atoms with Crippen molar-refractivity contribution < 1.29 is 4.74 Å². The molecule has 2 atom stereocenters. The first-order valence-corrected chi connectivity index (χ1v) is 11.9. The van der Waals surface area contributed by atoms with Gasteiger partial charge < -0.3 is 4.74 Å². The monoisotopic (exact) mass is 378 g/mol. The molecule has 2 rings (SSSR count). The van der Waals surface area contributed by atoms with Crippen molar-refractivity contribution in [2.45, 2.75) is 132 Å². The van der Waals surface area contributed by atoms with Crippen molar-refractivity contribution in [2.75, 3.05) is 0 Å². The second kappa shape index (κ2) is 8.00. The van der Waals surface area contributed by atoms with Crippen LogP contribution in [-0.2, 0) is 4.74 Å². The largest absolute Gasteiger partial charge is 0.369 e. The Labute approximate surface area is 171 Å². The van der Waals surface area contributed by atoms with Crippen molar-refractivity contribution in [2.24, 2.45) is 34.5 Å². The molecule has 2 saturated carbocycles. The normalized spacial score (nSPS) is 23.8. The summed E-state index contributed by atoms with van der Waals surface area (Å²) >= 11 is 0. The van der Waals surface area contributed by atoms with Gasteiger partial charge in [0, 0.05) is 0 Å². The third-order valence-electron chi connectivity index (χ3n) is 7.63. The van der Waals surface area contributed by atoms with Gasteiger partial charge in [0.05, 0.1) is 11.2 Å². The van der Waals surface area contributed by atoms with E-state index in [0.29, 0.717) is 11.8 Å². The highest BCUT2D eigenvalue weighted by atomic mass is 16.5. The van der Waals surface area contributed by atoms with E-state index >= 15 is 0 Å². The zero-order valence-electron chi connectivity index (χ0n) is 20.4. The summed E-state index contributed by atoms with van der Waals surface area (Å²) in [5.41, 5.74) is 0.357.